The Morgan fingerprint density at radius 3 is 2.20 bits per heavy atom. The van der Waals surface area contributed by atoms with Crippen molar-refractivity contribution in [1.29, 1.82) is 0 Å². The fourth-order valence-corrected chi connectivity index (χ4v) is 3.29. The van der Waals surface area contributed by atoms with Crippen LogP contribution in [0.1, 0.15) is 11.1 Å². The van der Waals surface area contributed by atoms with E-state index in [0.29, 0.717) is 23.6 Å². The zero-order valence-corrected chi connectivity index (χ0v) is 14.4. The highest BCUT2D eigenvalue weighted by atomic mass is 35.5. The van der Waals surface area contributed by atoms with E-state index in [4.69, 9.17) is 17.3 Å². The average molecular weight is 359 g/mol. The Balaban J connectivity index is 2.40. The molecule has 0 atom stereocenters. The lowest BCUT2D eigenvalue weighted by atomic mass is 9.86. The van der Waals surface area contributed by atoms with Gasteiger partial charge in [0.1, 0.15) is 11.6 Å². The Bertz CT molecular complexity index is 891. The zero-order valence-electron chi connectivity index (χ0n) is 13.7. The van der Waals surface area contributed by atoms with Gasteiger partial charge < -0.3 is 5.73 Å². The molecule has 0 fully saturated rings. The molecule has 0 amide bonds. The Hall–Kier alpha value is -2.30. The topological polar surface area (TPSA) is 38.9 Å². The Kier molecular flexibility index (Phi) is 5.11. The molecule has 1 heterocycles. The van der Waals surface area contributed by atoms with Crippen molar-refractivity contribution in [3.05, 3.63) is 76.6 Å². The molecule has 1 aromatic heterocycles. The number of rotatable bonds is 4. The molecular weight excluding hydrogens is 342 g/mol. The summed E-state index contributed by atoms with van der Waals surface area (Å²) in [7, 11) is 0. The summed E-state index contributed by atoms with van der Waals surface area (Å²) in [6.07, 6.45) is 3.90. The summed E-state index contributed by atoms with van der Waals surface area (Å²) in [4.78, 5) is 4.04. The van der Waals surface area contributed by atoms with Crippen LogP contribution in [0.25, 0.3) is 22.3 Å². The van der Waals surface area contributed by atoms with E-state index >= 15 is 0 Å². The second-order valence-corrected chi connectivity index (χ2v) is 6.23. The summed E-state index contributed by atoms with van der Waals surface area (Å²) in [6.45, 7) is 2.30. The summed E-state index contributed by atoms with van der Waals surface area (Å²) in [5.41, 5.74) is 10.4. The molecule has 25 heavy (non-hydrogen) atoms. The van der Waals surface area contributed by atoms with Gasteiger partial charge in [-0.2, -0.15) is 0 Å². The molecular formula is C20H17ClF2N2. The number of hydrogen-bond acceptors (Lipinski definition) is 2. The number of hydrogen-bond donors (Lipinski definition) is 1. The first kappa shape index (κ1) is 17.5. The van der Waals surface area contributed by atoms with Crippen LogP contribution >= 0.6 is 11.6 Å². The average Bonchev–Trinajstić information content (AvgIpc) is 2.57. The quantitative estimate of drug-likeness (QED) is 0.699. The van der Waals surface area contributed by atoms with Gasteiger partial charge in [0.05, 0.1) is 0 Å². The monoisotopic (exact) mass is 358 g/mol. The van der Waals surface area contributed by atoms with E-state index in [1.54, 1.807) is 12.4 Å². The van der Waals surface area contributed by atoms with Gasteiger partial charge in [-0.25, -0.2) is 8.78 Å². The van der Waals surface area contributed by atoms with Crippen LogP contribution < -0.4 is 5.73 Å². The van der Waals surface area contributed by atoms with Crippen molar-refractivity contribution >= 4 is 11.6 Å². The van der Waals surface area contributed by atoms with E-state index in [9.17, 15) is 8.78 Å². The van der Waals surface area contributed by atoms with Crippen LogP contribution in [0.3, 0.4) is 0 Å². The number of benzene rings is 2. The molecule has 0 unspecified atom stereocenters. The molecule has 0 aliphatic heterocycles. The summed E-state index contributed by atoms with van der Waals surface area (Å²) < 4.78 is 27.7. The smallest absolute Gasteiger partial charge is 0.126 e. The van der Waals surface area contributed by atoms with Gasteiger partial charge in [0.15, 0.2) is 0 Å². The van der Waals surface area contributed by atoms with Gasteiger partial charge in [0.25, 0.3) is 0 Å². The first-order valence-corrected chi connectivity index (χ1v) is 8.28. The van der Waals surface area contributed by atoms with Gasteiger partial charge in [-0.3, -0.25) is 4.98 Å². The van der Waals surface area contributed by atoms with Crippen LogP contribution in [0.2, 0.25) is 5.02 Å². The van der Waals surface area contributed by atoms with Crippen LogP contribution in [0.5, 0.6) is 0 Å². The van der Waals surface area contributed by atoms with Crippen molar-refractivity contribution in [3.63, 3.8) is 0 Å². The molecule has 0 aliphatic carbocycles. The molecule has 0 spiro atoms. The van der Waals surface area contributed by atoms with E-state index in [1.807, 2.05) is 25.1 Å². The second kappa shape index (κ2) is 7.30. The highest BCUT2D eigenvalue weighted by molar-refractivity contribution is 6.32. The van der Waals surface area contributed by atoms with E-state index in [1.165, 1.54) is 12.1 Å². The molecule has 2 aromatic carbocycles. The maximum atomic E-state index is 13.8. The van der Waals surface area contributed by atoms with Crippen molar-refractivity contribution < 1.29 is 8.78 Å². The normalized spacial score (nSPS) is 10.9. The lowest BCUT2D eigenvalue weighted by molar-refractivity contribution is 0.584. The number of pyridine rings is 1. The summed E-state index contributed by atoms with van der Waals surface area (Å²) in [5, 5.41) is 0.593. The van der Waals surface area contributed by atoms with Crippen LogP contribution in [-0.2, 0) is 6.42 Å². The number of halogens is 3. The minimum absolute atomic E-state index is 0.403. The molecule has 0 bridgehead atoms. The Morgan fingerprint density at radius 1 is 0.960 bits per heavy atom. The van der Waals surface area contributed by atoms with Crippen LogP contribution in [0.15, 0.2) is 48.8 Å². The van der Waals surface area contributed by atoms with Crippen molar-refractivity contribution in [2.45, 2.75) is 13.3 Å². The predicted molar refractivity (Wildman–Crippen MR) is 97.5 cm³/mol. The standard InChI is InChI=1S/C20H17ClF2N2/c1-12-18(21)10-14(2-5-24)20(15-8-16(22)11-17(23)9-15)19(12)13-3-6-25-7-4-13/h3-4,6-11H,2,5,24H2,1H3. The zero-order chi connectivity index (χ0) is 18.0. The van der Waals surface area contributed by atoms with Gasteiger partial charge in [0, 0.05) is 23.5 Å². The minimum Gasteiger partial charge on any atom is -0.330 e. The Morgan fingerprint density at radius 2 is 1.60 bits per heavy atom. The van der Waals surface area contributed by atoms with E-state index in [2.05, 4.69) is 4.98 Å². The number of nitrogens with two attached hydrogens (primary N) is 1. The maximum absolute atomic E-state index is 13.8. The van der Waals surface area contributed by atoms with Crippen molar-refractivity contribution in [3.8, 4) is 22.3 Å². The third-order valence-corrected chi connectivity index (χ3v) is 4.53. The number of nitrogens with zero attached hydrogens (tertiary/aromatic N) is 1. The SMILES string of the molecule is Cc1c(Cl)cc(CCN)c(-c2cc(F)cc(F)c2)c1-c1ccncc1. The van der Waals surface area contributed by atoms with Crippen LogP contribution in [0, 0.1) is 18.6 Å². The van der Waals surface area contributed by atoms with Gasteiger partial charge in [-0.1, -0.05) is 11.6 Å². The molecule has 2 N–H and O–H groups in total. The molecule has 0 aliphatic rings. The third-order valence-electron chi connectivity index (χ3n) is 4.14. The van der Waals surface area contributed by atoms with Crippen LogP contribution in [0.4, 0.5) is 8.78 Å². The first-order chi connectivity index (χ1) is 12.0. The Labute approximate surface area is 150 Å². The largest absolute Gasteiger partial charge is 0.330 e. The molecule has 5 heteroatoms. The first-order valence-electron chi connectivity index (χ1n) is 7.90. The third kappa shape index (κ3) is 3.55. The maximum Gasteiger partial charge on any atom is 0.126 e. The van der Waals surface area contributed by atoms with Crippen molar-refractivity contribution in [2.75, 3.05) is 6.54 Å². The van der Waals surface area contributed by atoms with Gasteiger partial charge in [-0.15, -0.1) is 0 Å². The van der Waals surface area contributed by atoms with E-state index < -0.39 is 11.6 Å². The van der Waals surface area contributed by atoms with Crippen LogP contribution in [-0.4, -0.2) is 11.5 Å². The fraction of sp³-hybridized carbons (Fsp3) is 0.150. The molecule has 128 valence electrons. The highest BCUT2D eigenvalue weighted by Crippen LogP contribution is 2.41. The van der Waals surface area contributed by atoms with Crippen molar-refractivity contribution in [2.24, 2.45) is 5.73 Å². The molecule has 0 saturated carbocycles. The predicted octanol–water partition coefficient (Wildman–Crippen LogP) is 5.16. The second-order valence-electron chi connectivity index (χ2n) is 5.83. The van der Waals surface area contributed by atoms with Crippen molar-refractivity contribution in [1.82, 2.24) is 4.98 Å². The van der Waals surface area contributed by atoms with Gasteiger partial charge >= 0.3 is 0 Å². The molecule has 3 aromatic rings. The molecule has 0 saturated heterocycles. The molecule has 2 nitrogen and oxygen atoms in total. The lowest BCUT2D eigenvalue weighted by Crippen LogP contribution is -2.06. The van der Waals surface area contributed by atoms with Gasteiger partial charge in [-0.05, 0) is 83.6 Å². The minimum atomic E-state index is -0.623. The fourth-order valence-electron chi connectivity index (χ4n) is 3.06. The van der Waals surface area contributed by atoms with Gasteiger partial charge in [0.2, 0.25) is 0 Å². The molecule has 0 radical (unpaired) electrons. The molecule has 3 rings (SSSR count). The number of aromatic nitrogens is 1. The van der Waals surface area contributed by atoms with E-state index in [0.717, 1.165) is 33.9 Å². The highest BCUT2D eigenvalue weighted by Gasteiger charge is 2.18. The summed E-state index contributed by atoms with van der Waals surface area (Å²) in [5.74, 6) is -1.25. The summed E-state index contributed by atoms with van der Waals surface area (Å²) in [6, 6.07) is 9.05. The van der Waals surface area contributed by atoms with E-state index in [-0.39, 0.29) is 0 Å². The lowest BCUT2D eigenvalue weighted by Gasteiger charge is -2.19. The summed E-state index contributed by atoms with van der Waals surface area (Å²) >= 11 is 6.42.